The fraction of sp³-hybridized carbons (Fsp3) is 0.571. The third-order valence-corrected chi connectivity index (χ3v) is 4.38. The van der Waals surface area contributed by atoms with E-state index in [0.29, 0.717) is 6.42 Å². The van der Waals surface area contributed by atoms with Crippen LogP contribution in [0.2, 0.25) is 0 Å². The van der Waals surface area contributed by atoms with E-state index in [2.05, 4.69) is 5.32 Å². The highest BCUT2D eigenvalue weighted by Gasteiger charge is 2.35. The summed E-state index contributed by atoms with van der Waals surface area (Å²) in [6.07, 6.45) is 5.02. The van der Waals surface area contributed by atoms with Gasteiger partial charge in [0.1, 0.15) is 0 Å². The lowest BCUT2D eigenvalue weighted by atomic mass is 9.79. The highest BCUT2D eigenvalue weighted by molar-refractivity contribution is 7.07. The van der Waals surface area contributed by atoms with Gasteiger partial charge in [0.25, 0.3) is 0 Å². The predicted molar refractivity (Wildman–Crippen MR) is 74.2 cm³/mol. The molecule has 1 saturated carbocycles. The summed E-state index contributed by atoms with van der Waals surface area (Å²) < 4.78 is 0. The van der Waals surface area contributed by atoms with Crippen molar-refractivity contribution >= 4 is 23.2 Å². The first-order valence-electron chi connectivity index (χ1n) is 6.64. The second-order valence-electron chi connectivity index (χ2n) is 5.27. The third-order valence-electron chi connectivity index (χ3n) is 3.65. The van der Waals surface area contributed by atoms with E-state index >= 15 is 0 Å². The van der Waals surface area contributed by atoms with E-state index in [1.807, 2.05) is 16.8 Å². The van der Waals surface area contributed by atoms with Gasteiger partial charge < -0.3 is 10.4 Å². The lowest BCUT2D eigenvalue weighted by Crippen LogP contribution is -2.51. The molecular formula is C14H19NO3S. The van der Waals surface area contributed by atoms with Crippen molar-refractivity contribution in [2.45, 2.75) is 50.5 Å². The first kappa shape index (κ1) is 14.1. The fourth-order valence-electron chi connectivity index (χ4n) is 2.78. The van der Waals surface area contributed by atoms with Gasteiger partial charge in [0, 0.05) is 0 Å². The Bertz CT molecular complexity index is 436. The zero-order valence-electron chi connectivity index (χ0n) is 10.9. The van der Waals surface area contributed by atoms with Crippen LogP contribution in [0.4, 0.5) is 0 Å². The Morgan fingerprint density at radius 1 is 1.32 bits per heavy atom. The van der Waals surface area contributed by atoms with Crippen LogP contribution in [0.25, 0.3) is 0 Å². The Balaban J connectivity index is 1.98. The molecule has 1 heterocycles. The van der Waals surface area contributed by atoms with Crippen LogP contribution >= 0.6 is 11.3 Å². The van der Waals surface area contributed by atoms with Crippen molar-refractivity contribution in [2.75, 3.05) is 0 Å². The smallest absolute Gasteiger partial charge is 0.305 e. The molecule has 1 fully saturated rings. The van der Waals surface area contributed by atoms with Crippen molar-refractivity contribution in [3.8, 4) is 0 Å². The van der Waals surface area contributed by atoms with E-state index < -0.39 is 11.5 Å². The largest absolute Gasteiger partial charge is 0.481 e. The molecule has 0 radical (unpaired) electrons. The molecule has 5 heteroatoms. The van der Waals surface area contributed by atoms with Crippen molar-refractivity contribution < 1.29 is 14.7 Å². The van der Waals surface area contributed by atoms with Gasteiger partial charge in [-0.3, -0.25) is 9.59 Å². The van der Waals surface area contributed by atoms with Crippen LogP contribution in [-0.2, 0) is 16.0 Å². The minimum atomic E-state index is -0.835. The van der Waals surface area contributed by atoms with Gasteiger partial charge in [0.05, 0.1) is 18.4 Å². The Morgan fingerprint density at radius 2 is 2.05 bits per heavy atom. The summed E-state index contributed by atoms with van der Waals surface area (Å²) in [6.45, 7) is 0. The predicted octanol–water partition coefficient (Wildman–Crippen LogP) is 2.58. The highest BCUT2D eigenvalue weighted by atomic mass is 32.1. The summed E-state index contributed by atoms with van der Waals surface area (Å²) in [5, 5.41) is 15.9. The van der Waals surface area contributed by atoms with Crippen molar-refractivity contribution in [1.82, 2.24) is 5.32 Å². The van der Waals surface area contributed by atoms with E-state index in [1.165, 1.54) is 0 Å². The standard InChI is InChI=1S/C14H19NO3S/c16-12(8-11-4-7-19-10-11)15-14(9-13(17)18)5-2-1-3-6-14/h4,7,10H,1-3,5-6,8-9H2,(H,15,16)(H,17,18). The molecule has 1 aromatic heterocycles. The van der Waals surface area contributed by atoms with E-state index in [9.17, 15) is 9.59 Å². The van der Waals surface area contributed by atoms with Crippen molar-refractivity contribution in [3.63, 3.8) is 0 Å². The maximum atomic E-state index is 12.1. The number of hydrogen-bond donors (Lipinski definition) is 2. The summed E-state index contributed by atoms with van der Waals surface area (Å²) in [5.74, 6) is -0.903. The van der Waals surface area contributed by atoms with Gasteiger partial charge in [-0.25, -0.2) is 0 Å². The Hall–Kier alpha value is -1.36. The molecule has 19 heavy (non-hydrogen) atoms. The van der Waals surface area contributed by atoms with Crippen LogP contribution in [-0.4, -0.2) is 22.5 Å². The van der Waals surface area contributed by atoms with E-state index in [-0.39, 0.29) is 12.3 Å². The van der Waals surface area contributed by atoms with Crippen LogP contribution in [0.3, 0.4) is 0 Å². The maximum absolute atomic E-state index is 12.1. The van der Waals surface area contributed by atoms with E-state index in [0.717, 1.165) is 37.7 Å². The molecule has 0 spiro atoms. The van der Waals surface area contributed by atoms with Gasteiger partial charge in [-0.2, -0.15) is 11.3 Å². The van der Waals surface area contributed by atoms with Gasteiger partial charge >= 0.3 is 5.97 Å². The molecule has 2 rings (SSSR count). The molecule has 1 aliphatic carbocycles. The summed E-state index contributed by atoms with van der Waals surface area (Å²) in [5.41, 5.74) is 0.459. The molecule has 0 aromatic carbocycles. The SMILES string of the molecule is O=C(O)CC1(NC(=O)Cc2ccsc2)CCCCC1. The zero-order valence-corrected chi connectivity index (χ0v) is 11.7. The Morgan fingerprint density at radius 3 is 2.63 bits per heavy atom. The first-order chi connectivity index (χ1) is 9.10. The fourth-order valence-corrected chi connectivity index (χ4v) is 3.45. The molecule has 0 atom stereocenters. The quantitative estimate of drug-likeness (QED) is 0.871. The number of rotatable bonds is 5. The molecule has 1 aromatic rings. The minimum absolute atomic E-state index is 0.0301. The number of carbonyl (C=O) groups excluding carboxylic acids is 1. The zero-order chi connectivity index (χ0) is 13.7. The lowest BCUT2D eigenvalue weighted by molar-refractivity contribution is -0.139. The van der Waals surface area contributed by atoms with Crippen molar-refractivity contribution in [1.29, 1.82) is 0 Å². The van der Waals surface area contributed by atoms with Crippen LogP contribution in [0, 0.1) is 0 Å². The first-order valence-corrected chi connectivity index (χ1v) is 7.58. The van der Waals surface area contributed by atoms with Gasteiger partial charge in [-0.05, 0) is 35.2 Å². The second-order valence-corrected chi connectivity index (χ2v) is 6.05. The minimum Gasteiger partial charge on any atom is -0.481 e. The summed E-state index contributed by atoms with van der Waals surface area (Å²) in [4.78, 5) is 23.1. The number of hydrogen-bond acceptors (Lipinski definition) is 3. The summed E-state index contributed by atoms with van der Waals surface area (Å²) in [7, 11) is 0. The normalized spacial score (nSPS) is 17.9. The Labute approximate surface area is 116 Å². The lowest BCUT2D eigenvalue weighted by Gasteiger charge is -2.37. The van der Waals surface area contributed by atoms with Crippen molar-refractivity contribution in [3.05, 3.63) is 22.4 Å². The van der Waals surface area contributed by atoms with Crippen LogP contribution in [0.15, 0.2) is 16.8 Å². The van der Waals surface area contributed by atoms with E-state index in [1.54, 1.807) is 11.3 Å². The maximum Gasteiger partial charge on any atom is 0.305 e. The van der Waals surface area contributed by atoms with Crippen LogP contribution in [0.1, 0.15) is 44.1 Å². The monoisotopic (exact) mass is 281 g/mol. The summed E-state index contributed by atoms with van der Waals surface area (Å²) in [6, 6.07) is 1.93. The molecule has 1 aliphatic rings. The highest BCUT2D eigenvalue weighted by Crippen LogP contribution is 2.31. The number of carbonyl (C=O) groups is 2. The van der Waals surface area contributed by atoms with Gasteiger partial charge in [0.2, 0.25) is 5.91 Å². The molecule has 4 nitrogen and oxygen atoms in total. The molecule has 1 amide bonds. The van der Waals surface area contributed by atoms with Crippen LogP contribution < -0.4 is 5.32 Å². The molecule has 104 valence electrons. The van der Waals surface area contributed by atoms with Crippen molar-refractivity contribution in [2.24, 2.45) is 0 Å². The summed E-state index contributed by atoms with van der Waals surface area (Å²) >= 11 is 1.56. The average molecular weight is 281 g/mol. The third kappa shape index (κ3) is 4.06. The second kappa shape index (κ2) is 6.19. The molecule has 0 saturated heterocycles. The number of nitrogens with one attached hydrogen (secondary N) is 1. The molecular weight excluding hydrogens is 262 g/mol. The number of amides is 1. The number of aliphatic carboxylic acids is 1. The molecule has 0 bridgehead atoms. The topological polar surface area (TPSA) is 66.4 Å². The number of carboxylic acids is 1. The Kier molecular flexibility index (Phi) is 4.58. The van der Waals surface area contributed by atoms with Crippen LogP contribution in [0.5, 0.6) is 0 Å². The molecule has 0 unspecified atom stereocenters. The van der Waals surface area contributed by atoms with Gasteiger partial charge in [0.15, 0.2) is 0 Å². The van der Waals surface area contributed by atoms with Gasteiger partial charge in [-0.15, -0.1) is 0 Å². The number of carboxylic acid groups (broad SMARTS) is 1. The average Bonchev–Trinajstić information content (AvgIpc) is 2.81. The van der Waals surface area contributed by atoms with E-state index in [4.69, 9.17) is 5.11 Å². The number of thiophene rings is 1. The van der Waals surface area contributed by atoms with Gasteiger partial charge in [-0.1, -0.05) is 19.3 Å². The molecule has 2 N–H and O–H groups in total. The molecule has 0 aliphatic heterocycles.